The molecule has 2 atom stereocenters. The summed E-state index contributed by atoms with van der Waals surface area (Å²) >= 11 is 0. The van der Waals surface area contributed by atoms with Gasteiger partial charge in [-0.1, -0.05) is 20.8 Å². The van der Waals surface area contributed by atoms with Crippen molar-refractivity contribution in [3.63, 3.8) is 0 Å². The van der Waals surface area contributed by atoms with Gasteiger partial charge in [-0.15, -0.1) is 24.8 Å². The van der Waals surface area contributed by atoms with Crippen molar-refractivity contribution in [1.82, 2.24) is 10.2 Å². The van der Waals surface area contributed by atoms with Gasteiger partial charge in [0.2, 0.25) is 5.91 Å². The van der Waals surface area contributed by atoms with E-state index in [-0.39, 0.29) is 36.8 Å². The molecule has 0 bridgehead atoms. The average Bonchev–Trinajstić information content (AvgIpc) is 2.38. The lowest BCUT2D eigenvalue weighted by atomic mass is 9.94. The van der Waals surface area contributed by atoms with E-state index in [1.807, 2.05) is 6.92 Å². The highest BCUT2D eigenvalue weighted by molar-refractivity contribution is 5.85. The number of carbonyl (C=O) groups is 1. The molecule has 0 saturated carbocycles. The molecule has 1 saturated heterocycles. The normalized spacial score (nSPS) is 19.0. The third-order valence-electron chi connectivity index (χ3n) is 4.39. The molecule has 1 amide bonds. The minimum atomic E-state index is 0. The number of nitrogens with zero attached hydrogens (tertiary/aromatic N) is 1. The highest BCUT2D eigenvalue weighted by Gasteiger charge is 2.25. The fraction of sp³-hybridized carbons (Fsp3) is 0.938. The van der Waals surface area contributed by atoms with Gasteiger partial charge in [0.25, 0.3) is 0 Å². The number of piperidine rings is 1. The van der Waals surface area contributed by atoms with Gasteiger partial charge in [-0.05, 0) is 51.1 Å². The van der Waals surface area contributed by atoms with Crippen LogP contribution >= 0.6 is 24.8 Å². The quantitative estimate of drug-likeness (QED) is 0.738. The number of hydrogen-bond donors (Lipinski definition) is 2. The van der Waals surface area contributed by atoms with E-state index in [1.165, 1.54) is 25.9 Å². The van der Waals surface area contributed by atoms with Crippen molar-refractivity contribution in [2.75, 3.05) is 19.6 Å². The minimum Gasteiger partial charge on any atom is -0.355 e. The Morgan fingerprint density at radius 1 is 1.23 bits per heavy atom. The lowest BCUT2D eigenvalue weighted by Gasteiger charge is -2.38. The van der Waals surface area contributed by atoms with E-state index in [2.05, 4.69) is 31.0 Å². The summed E-state index contributed by atoms with van der Waals surface area (Å²) in [7, 11) is 0. The topological polar surface area (TPSA) is 58.4 Å². The summed E-state index contributed by atoms with van der Waals surface area (Å²) in [5, 5.41) is 3.09. The highest BCUT2D eigenvalue weighted by atomic mass is 35.5. The van der Waals surface area contributed by atoms with Crippen LogP contribution < -0.4 is 11.1 Å². The SMILES string of the molecule is CC(N)CCC(=O)NCC(C(C)C)N1CCC(C)CC1.Cl.Cl. The van der Waals surface area contributed by atoms with Gasteiger partial charge in [0.05, 0.1) is 0 Å². The molecule has 0 aromatic rings. The second-order valence-electron chi connectivity index (χ2n) is 6.85. The first-order chi connectivity index (χ1) is 9.40. The smallest absolute Gasteiger partial charge is 0.220 e. The number of carbonyl (C=O) groups excluding carboxylic acids is 1. The molecule has 1 aliphatic heterocycles. The van der Waals surface area contributed by atoms with E-state index in [0.717, 1.165) is 18.9 Å². The Morgan fingerprint density at radius 2 is 1.77 bits per heavy atom. The Bertz CT molecular complexity index is 293. The second kappa shape index (κ2) is 12.4. The highest BCUT2D eigenvalue weighted by Crippen LogP contribution is 2.21. The van der Waals surface area contributed by atoms with Crippen molar-refractivity contribution < 1.29 is 4.79 Å². The molecule has 134 valence electrons. The van der Waals surface area contributed by atoms with Crippen LogP contribution in [0, 0.1) is 11.8 Å². The third-order valence-corrected chi connectivity index (χ3v) is 4.39. The molecular formula is C16H35Cl2N3O. The largest absolute Gasteiger partial charge is 0.355 e. The number of hydrogen-bond acceptors (Lipinski definition) is 3. The predicted molar refractivity (Wildman–Crippen MR) is 99.0 cm³/mol. The van der Waals surface area contributed by atoms with E-state index in [1.54, 1.807) is 0 Å². The number of halogens is 2. The summed E-state index contributed by atoms with van der Waals surface area (Å²) in [6, 6.07) is 0.562. The van der Waals surface area contributed by atoms with Gasteiger partial charge in [0.1, 0.15) is 0 Å². The van der Waals surface area contributed by atoms with Crippen LogP contribution in [0.4, 0.5) is 0 Å². The molecule has 1 fully saturated rings. The second-order valence-corrected chi connectivity index (χ2v) is 6.85. The van der Waals surface area contributed by atoms with Crippen LogP contribution in [0.25, 0.3) is 0 Å². The van der Waals surface area contributed by atoms with Gasteiger partial charge >= 0.3 is 0 Å². The van der Waals surface area contributed by atoms with Crippen molar-refractivity contribution in [2.45, 2.75) is 65.5 Å². The van der Waals surface area contributed by atoms with Crippen molar-refractivity contribution in [3.05, 3.63) is 0 Å². The molecule has 6 heteroatoms. The number of rotatable bonds is 7. The fourth-order valence-corrected chi connectivity index (χ4v) is 2.81. The van der Waals surface area contributed by atoms with Crippen LogP contribution in [0.15, 0.2) is 0 Å². The molecule has 0 spiro atoms. The first-order valence-corrected chi connectivity index (χ1v) is 8.16. The van der Waals surface area contributed by atoms with Crippen molar-refractivity contribution in [2.24, 2.45) is 17.6 Å². The maximum absolute atomic E-state index is 11.8. The van der Waals surface area contributed by atoms with Crippen molar-refractivity contribution in [3.8, 4) is 0 Å². The van der Waals surface area contributed by atoms with Gasteiger partial charge in [0, 0.05) is 25.0 Å². The summed E-state index contributed by atoms with van der Waals surface area (Å²) < 4.78 is 0. The van der Waals surface area contributed by atoms with E-state index in [9.17, 15) is 4.79 Å². The van der Waals surface area contributed by atoms with Crippen LogP contribution in [0.2, 0.25) is 0 Å². The Balaban J connectivity index is 0. The summed E-state index contributed by atoms with van der Waals surface area (Å²) in [4.78, 5) is 14.4. The molecule has 0 aromatic carbocycles. The zero-order chi connectivity index (χ0) is 15.1. The van der Waals surface area contributed by atoms with Gasteiger partial charge in [0.15, 0.2) is 0 Å². The number of amides is 1. The Labute approximate surface area is 148 Å². The molecule has 1 aliphatic rings. The number of nitrogens with one attached hydrogen (secondary N) is 1. The monoisotopic (exact) mass is 355 g/mol. The van der Waals surface area contributed by atoms with Gasteiger partial charge in [-0.25, -0.2) is 0 Å². The molecule has 22 heavy (non-hydrogen) atoms. The number of nitrogens with two attached hydrogens (primary N) is 1. The summed E-state index contributed by atoms with van der Waals surface area (Å²) in [6.07, 6.45) is 3.86. The van der Waals surface area contributed by atoms with Crippen LogP contribution in [-0.2, 0) is 4.79 Å². The van der Waals surface area contributed by atoms with Crippen molar-refractivity contribution in [1.29, 1.82) is 0 Å². The van der Waals surface area contributed by atoms with E-state index in [0.29, 0.717) is 18.4 Å². The summed E-state index contributed by atoms with van der Waals surface area (Å²) in [5.74, 6) is 1.55. The average molecular weight is 356 g/mol. The van der Waals surface area contributed by atoms with Gasteiger partial charge in [-0.2, -0.15) is 0 Å². The first kappa shape index (κ1) is 24.2. The van der Waals surface area contributed by atoms with Crippen LogP contribution in [0.5, 0.6) is 0 Å². The maximum atomic E-state index is 11.8. The Morgan fingerprint density at radius 3 is 2.23 bits per heavy atom. The Kier molecular flexibility index (Phi) is 13.7. The van der Waals surface area contributed by atoms with E-state index < -0.39 is 0 Å². The van der Waals surface area contributed by atoms with Gasteiger partial charge < -0.3 is 11.1 Å². The lowest BCUT2D eigenvalue weighted by molar-refractivity contribution is -0.121. The summed E-state index contributed by atoms with van der Waals surface area (Å²) in [5.41, 5.74) is 5.69. The van der Waals surface area contributed by atoms with Gasteiger partial charge in [-0.3, -0.25) is 9.69 Å². The molecule has 0 radical (unpaired) electrons. The molecule has 4 nitrogen and oxygen atoms in total. The molecule has 1 heterocycles. The minimum absolute atomic E-state index is 0. The molecule has 0 aromatic heterocycles. The maximum Gasteiger partial charge on any atom is 0.220 e. The summed E-state index contributed by atoms with van der Waals surface area (Å²) in [6.45, 7) is 11.9. The van der Waals surface area contributed by atoms with E-state index in [4.69, 9.17) is 5.73 Å². The zero-order valence-electron chi connectivity index (χ0n) is 14.5. The molecule has 3 N–H and O–H groups in total. The van der Waals surface area contributed by atoms with Crippen LogP contribution in [0.1, 0.15) is 53.4 Å². The predicted octanol–water partition coefficient (Wildman–Crippen LogP) is 2.83. The van der Waals surface area contributed by atoms with Crippen molar-refractivity contribution >= 4 is 30.7 Å². The fourth-order valence-electron chi connectivity index (χ4n) is 2.81. The Hall–Kier alpha value is -0.0300. The molecule has 1 rings (SSSR count). The first-order valence-electron chi connectivity index (χ1n) is 8.16. The molecule has 0 aliphatic carbocycles. The van der Waals surface area contributed by atoms with Crippen LogP contribution in [0.3, 0.4) is 0 Å². The molecular weight excluding hydrogens is 321 g/mol. The third kappa shape index (κ3) is 9.19. The van der Waals surface area contributed by atoms with Crippen LogP contribution in [-0.4, -0.2) is 42.5 Å². The number of likely N-dealkylation sites (tertiary alicyclic amines) is 1. The van der Waals surface area contributed by atoms with E-state index >= 15 is 0 Å². The standard InChI is InChI=1S/C16H33N3O.2ClH/c1-12(2)15(19-9-7-13(3)8-10-19)11-18-16(20)6-5-14(4)17;;/h12-15H,5-11,17H2,1-4H3,(H,18,20);2*1H. The molecule has 2 unspecified atom stereocenters. The lowest BCUT2D eigenvalue weighted by Crippen LogP contribution is -2.49. The zero-order valence-corrected chi connectivity index (χ0v) is 16.1.